The Balaban J connectivity index is 1.75. The molecule has 162 valence electrons. The van der Waals surface area contributed by atoms with E-state index in [4.69, 9.17) is 18.9 Å². The van der Waals surface area contributed by atoms with Crippen molar-refractivity contribution in [2.45, 2.75) is 19.4 Å². The van der Waals surface area contributed by atoms with Crippen molar-refractivity contribution in [1.29, 1.82) is 0 Å². The minimum absolute atomic E-state index is 0.0412. The van der Waals surface area contributed by atoms with Crippen LogP contribution >= 0.6 is 0 Å². The Morgan fingerprint density at radius 2 is 1.70 bits per heavy atom. The second-order valence-corrected chi connectivity index (χ2v) is 7.28. The second-order valence-electron chi connectivity index (χ2n) is 7.28. The summed E-state index contributed by atoms with van der Waals surface area (Å²) in [5.41, 5.74) is 1.34. The van der Waals surface area contributed by atoms with Gasteiger partial charge in [0.1, 0.15) is 0 Å². The zero-order valence-electron chi connectivity index (χ0n) is 17.9. The van der Waals surface area contributed by atoms with Gasteiger partial charge in [-0.3, -0.25) is 9.69 Å². The summed E-state index contributed by atoms with van der Waals surface area (Å²) in [5, 5.41) is 0. The van der Waals surface area contributed by atoms with Crippen molar-refractivity contribution in [1.82, 2.24) is 4.90 Å². The highest BCUT2D eigenvalue weighted by Crippen LogP contribution is 2.40. The molecule has 30 heavy (non-hydrogen) atoms. The number of methoxy groups -OCH3 is 4. The van der Waals surface area contributed by atoms with Gasteiger partial charge in [0.2, 0.25) is 5.75 Å². The lowest BCUT2D eigenvalue weighted by molar-refractivity contribution is 0.0810. The largest absolute Gasteiger partial charge is 0.494 e. The Morgan fingerprint density at radius 1 is 1.00 bits per heavy atom. The molecule has 0 unspecified atom stereocenters. The number of carbonyl (C=O) groups excluding carboxylic acids is 1. The third-order valence-corrected chi connectivity index (χ3v) is 5.49. The van der Waals surface area contributed by atoms with Gasteiger partial charge < -0.3 is 18.9 Å². The number of benzene rings is 2. The third-order valence-electron chi connectivity index (χ3n) is 5.49. The summed E-state index contributed by atoms with van der Waals surface area (Å²) in [6, 6.07) is 8.18. The van der Waals surface area contributed by atoms with Gasteiger partial charge in [0, 0.05) is 30.1 Å². The maximum Gasteiger partial charge on any atom is 0.203 e. The number of halogens is 1. The van der Waals surface area contributed by atoms with Crippen LogP contribution in [0.3, 0.4) is 0 Å². The number of Topliss-reactive ketones (excluding diaryl/α,β-unsaturated/α-hetero) is 1. The lowest BCUT2D eigenvalue weighted by Gasteiger charge is -2.32. The molecule has 6 nitrogen and oxygen atoms in total. The first-order chi connectivity index (χ1) is 14.5. The summed E-state index contributed by atoms with van der Waals surface area (Å²) in [6.45, 7) is 2.09. The minimum atomic E-state index is -0.522. The molecular weight excluding hydrogens is 389 g/mol. The Labute approximate surface area is 176 Å². The predicted molar refractivity (Wildman–Crippen MR) is 111 cm³/mol. The number of likely N-dealkylation sites (tertiary alicyclic amines) is 1. The molecule has 1 saturated heterocycles. The van der Waals surface area contributed by atoms with Crippen LogP contribution in [0.15, 0.2) is 30.3 Å². The smallest absolute Gasteiger partial charge is 0.203 e. The molecule has 0 aliphatic carbocycles. The van der Waals surface area contributed by atoms with E-state index < -0.39 is 5.82 Å². The lowest BCUT2D eigenvalue weighted by Crippen LogP contribution is -2.38. The van der Waals surface area contributed by atoms with Crippen LogP contribution in [0.1, 0.15) is 28.8 Å². The summed E-state index contributed by atoms with van der Waals surface area (Å²) in [7, 11) is 6.16. The number of ketones is 1. The molecule has 0 N–H and O–H groups in total. The molecule has 2 aromatic carbocycles. The molecule has 0 aromatic heterocycles. The van der Waals surface area contributed by atoms with Crippen molar-refractivity contribution in [3.8, 4) is 23.0 Å². The summed E-state index contributed by atoms with van der Waals surface area (Å²) in [6.07, 6.45) is 1.68. The average Bonchev–Trinajstić information content (AvgIpc) is 2.78. The van der Waals surface area contributed by atoms with Crippen LogP contribution in [-0.2, 0) is 6.54 Å². The van der Waals surface area contributed by atoms with E-state index in [1.165, 1.54) is 19.2 Å². The number of hydrogen-bond donors (Lipinski definition) is 0. The summed E-state index contributed by atoms with van der Waals surface area (Å²) in [5.74, 6) is 1.17. The van der Waals surface area contributed by atoms with E-state index >= 15 is 0 Å². The Hall–Kier alpha value is -2.80. The van der Waals surface area contributed by atoms with Crippen LogP contribution in [0.2, 0.25) is 0 Å². The van der Waals surface area contributed by atoms with Gasteiger partial charge in [-0.25, -0.2) is 4.39 Å². The van der Waals surface area contributed by atoms with Gasteiger partial charge in [-0.2, -0.15) is 0 Å². The van der Waals surface area contributed by atoms with Gasteiger partial charge >= 0.3 is 0 Å². The summed E-state index contributed by atoms with van der Waals surface area (Å²) in [4.78, 5) is 15.2. The molecule has 0 radical (unpaired) electrons. The lowest BCUT2D eigenvalue weighted by atomic mass is 9.89. The van der Waals surface area contributed by atoms with Crippen molar-refractivity contribution in [2.75, 3.05) is 41.5 Å². The predicted octanol–water partition coefficient (Wildman–Crippen LogP) is 3.96. The molecule has 1 atom stereocenters. The number of hydrogen-bond acceptors (Lipinski definition) is 6. The first-order valence-corrected chi connectivity index (χ1v) is 9.90. The zero-order chi connectivity index (χ0) is 21.7. The standard InChI is InChI=1S/C23H28FNO5/c1-27-19-9-7-15(12-18(19)24)21(26)16-6-5-11-25(13-16)14-17-8-10-20(28-2)23(30-4)22(17)29-3/h7-10,12,16H,5-6,11,13-14H2,1-4H3/t16-/m1/s1. The first-order valence-electron chi connectivity index (χ1n) is 9.90. The van der Waals surface area contributed by atoms with Crippen molar-refractivity contribution >= 4 is 5.78 Å². The fourth-order valence-electron chi connectivity index (χ4n) is 4.00. The van der Waals surface area contributed by atoms with E-state index in [9.17, 15) is 9.18 Å². The van der Waals surface area contributed by atoms with Crippen molar-refractivity contribution in [3.63, 3.8) is 0 Å². The number of piperidine rings is 1. The molecule has 0 bridgehead atoms. The highest BCUT2D eigenvalue weighted by Gasteiger charge is 2.28. The molecule has 1 aliphatic heterocycles. The molecule has 0 saturated carbocycles. The van der Waals surface area contributed by atoms with Gasteiger partial charge in [-0.05, 0) is 43.7 Å². The number of carbonyl (C=O) groups is 1. The second kappa shape index (κ2) is 9.80. The molecule has 1 heterocycles. The molecular formula is C23H28FNO5. The van der Waals surface area contributed by atoms with E-state index in [-0.39, 0.29) is 17.5 Å². The van der Waals surface area contributed by atoms with E-state index in [0.717, 1.165) is 24.9 Å². The van der Waals surface area contributed by atoms with Gasteiger partial charge in [0.05, 0.1) is 28.4 Å². The Kier molecular flexibility index (Phi) is 7.15. The van der Waals surface area contributed by atoms with Crippen LogP contribution < -0.4 is 18.9 Å². The van der Waals surface area contributed by atoms with Crippen LogP contribution in [0.5, 0.6) is 23.0 Å². The number of nitrogens with zero attached hydrogens (tertiary/aromatic N) is 1. The number of rotatable bonds is 8. The maximum absolute atomic E-state index is 14.0. The van der Waals surface area contributed by atoms with Crippen LogP contribution in [0.4, 0.5) is 4.39 Å². The molecule has 3 rings (SSSR count). The van der Waals surface area contributed by atoms with E-state index in [1.807, 2.05) is 12.1 Å². The van der Waals surface area contributed by atoms with Gasteiger partial charge in [0.25, 0.3) is 0 Å². The monoisotopic (exact) mass is 417 g/mol. The summed E-state index contributed by atoms with van der Waals surface area (Å²) < 4.78 is 35.4. The van der Waals surface area contributed by atoms with Crippen LogP contribution in [0.25, 0.3) is 0 Å². The summed E-state index contributed by atoms with van der Waals surface area (Å²) >= 11 is 0. The van der Waals surface area contributed by atoms with Crippen molar-refractivity contribution in [2.24, 2.45) is 5.92 Å². The van der Waals surface area contributed by atoms with Crippen molar-refractivity contribution in [3.05, 3.63) is 47.3 Å². The normalized spacial score (nSPS) is 16.8. The molecule has 7 heteroatoms. The molecule has 1 aliphatic rings. The third kappa shape index (κ3) is 4.51. The van der Waals surface area contributed by atoms with E-state index in [2.05, 4.69) is 4.90 Å². The topological polar surface area (TPSA) is 57.2 Å². The molecule has 2 aromatic rings. The van der Waals surface area contributed by atoms with E-state index in [0.29, 0.717) is 35.9 Å². The van der Waals surface area contributed by atoms with Gasteiger partial charge in [-0.15, -0.1) is 0 Å². The van der Waals surface area contributed by atoms with E-state index in [1.54, 1.807) is 27.4 Å². The Morgan fingerprint density at radius 3 is 2.33 bits per heavy atom. The maximum atomic E-state index is 14.0. The molecule has 0 amide bonds. The van der Waals surface area contributed by atoms with Crippen molar-refractivity contribution < 1.29 is 28.1 Å². The fraction of sp³-hybridized carbons (Fsp3) is 0.435. The van der Waals surface area contributed by atoms with Crippen LogP contribution in [-0.4, -0.2) is 52.2 Å². The first kappa shape index (κ1) is 21.9. The zero-order valence-corrected chi connectivity index (χ0v) is 17.9. The molecule has 0 spiro atoms. The fourth-order valence-corrected chi connectivity index (χ4v) is 4.00. The highest BCUT2D eigenvalue weighted by molar-refractivity contribution is 5.98. The molecule has 1 fully saturated rings. The van der Waals surface area contributed by atoms with Gasteiger partial charge in [0.15, 0.2) is 28.8 Å². The minimum Gasteiger partial charge on any atom is -0.494 e. The SMILES string of the molecule is COc1ccc(C(=O)[C@@H]2CCCN(Cc3ccc(OC)c(OC)c3OC)C2)cc1F. The van der Waals surface area contributed by atoms with Crippen LogP contribution in [0, 0.1) is 11.7 Å². The Bertz CT molecular complexity index is 901. The van der Waals surface area contributed by atoms with Gasteiger partial charge in [-0.1, -0.05) is 6.07 Å². The number of ether oxygens (including phenoxy) is 4. The average molecular weight is 417 g/mol. The quantitative estimate of drug-likeness (QED) is 0.606. The highest BCUT2D eigenvalue weighted by atomic mass is 19.1.